The fourth-order valence-electron chi connectivity index (χ4n) is 2.40. The molecule has 3 rings (SSSR count). The van der Waals surface area contributed by atoms with Crippen molar-refractivity contribution in [1.82, 2.24) is 0 Å². The molecule has 3 aromatic rings. The van der Waals surface area contributed by atoms with Crippen LogP contribution in [-0.2, 0) is 10.0 Å². The Morgan fingerprint density at radius 1 is 0.815 bits per heavy atom. The number of aryl methyl sites for hydroxylation is 2. The van der Waals surface area contributed by atoms with E-state index in [0.29, 0.717) is 11.4 Å². The highest BCUT2D eigenvalue weighted by atomic mass is 35.5. The Morgan fingerprint density at radius 2 is 1.48 bits per heavy atom. The monoisotopic (exact) mass is 421 g/mol. The molecule has 0 radical (unpaired) electrons. The minimum Gasteiger partial charge on any atom is -0.457 e. The molecule has 4 nitrogen and oxygen atoms in total. The zero-order valence-electron chi connectivity index (χ0n) is 14.7. The van der Waals surface area contributed by atoms with E-state index in [0.717, 1.165) is 11.3 Å². The van der Waals surface area contributed by atoms with Crippen molar-refractivity contribution in [3.05, 3.63) is 81.8 Å². The third-order valence-electron chi connectivity index (χ3n) is 4.00. The molecule has 0 aliphatic heterocycles. The van der Waals surface area contributed by atoms with Crippen molar-refractivity contribution >= 4 is 38.9 Å². The van der Waals surface area contributed by atoms with Crippen molar-refractivity contribution in [3.63, 3.8) is 0 Å². The summed E-state index contributed by atoms with van der Waals surface area (Å²) in [5.74, 6) is 1.32. The molecule has 0 fully saturated rings. The lowest BCUT2D eigenvalue weighted by Gasteiger charge is -2.11. The number of sulfonamides is 1. The molecule has 1 N–H and O–H groups in total. The van der Waals surface area contributed by atoms with Gasteiger partial charge < -0.3 is 4.74 Å². The zero-order chi connectivity index (χ0) is 19.6. The SMILES string of the molecule is Cc1ccc(Oc2ccc(NS(=O)(=O)c3cc(Cl)ccc3Cl)cc2)cc1C. The predicted octanol–water partition coefficient (Wildman–Crippen LogP) is 6.20. The standard InChI is InChI=1S/C20H17Cl2NO3S/c1-13-3-7-18(11-14(13)2)26-17-8-5-16(6-9-17)23-27(24,25)20-12-15(21)4-10-19(20)22/h3-12,23H,1-2H3. The van der Waals surface area contributed by atoms with E-state index in [1.165, 1.54) is 23.8 Å². The van der Waals surface area contributed by atoms with Crippen LogP contribution in [0.3, 0.4) is 0 Å². The molecule has 3 aromatic carbocycles. The summed E-state index contributed by atoms with van der Waals surface area (Å²) < 4.78 is 33.4. The van der Waals surface area contributed by atoms with E-state index in [2.05, 4.69) is 4.72 Å². The minimum absolute atomic E-state index is 0.0767. The van der Waals surface area contributed by atoms with Gasteiger partial charge in [0.05, 0.1) is 5.02 Å². The first-order chi connectivity index (χ1) is 12.7. The van der Waals surface area contributed by atoms with Crippen LogP contribution in [0.2, 0.25) is 10.0 Å². The van der Waals surface area contributed by atoms with Gasteiger partial charge >= 0.3 is 0 Å². The lowest BCUT2D eigenvalue weighted by molar-refractivity contribution is 0.482. The van der Waals surface area contributed by atoms with E-state index in [1.807, 2.05) is 32.0 Å². The van der Waals surface area contributed by atoms with Crippen molar-refractivity contribution < 1.29 is 13.2 Å². The van der Waals surface area contributed by atoms with E-state index in [4.69, 9.17) is 27.9 Å². The molecule has 0 atom stereocenters. The maximum absolute atomic E-state index is 12.5. The van der Waals surface area contributed by atoms with Crippen LogP contribution in [0.15, 0.2) is 65.6 Å². The summed E-state index contributed by atoms with van der Waals surface area (Å²) in [6, 6.07) is 16.7. The Bertz CT molecular complexity index is 1080. The lowest BCUT2D eigenvalue weighted by atomic mass is 10.1. The average Bonchev–Trinajstić information content (AvgIpc) is 2.61. The quantitative estimate of drug-likeness (QED) is 0.532. The number of hydrogen-bond acceptors (Lipinski definition) is 3. The number of nitrogens with one attached hydrogen (secondary N) is 1. The Balaban J connectivity index is 1.77. The van der Waals surface area contributed by atoms with Crippen molar-refractivity contribution in [2.45, 2.75) is 18.7 Å². The molecule has 0 aliphatic carbocycles. The van der Waals surface area contributed by atoms with Gasteiger partial charge in [-0.15, -0.1) is 0 Å². The summed E-state index contributed by atoms with van der Waals surface area (Å²) in [5.41, 5.74) is 2.71. The number of hydrogen-bond donors (Lipinski definition) is 1. The van der Waals surface area contributed by atoms with Gasteiger partial charge in [-0.2, -0.15) is 0 Å². The van der Waals surface area contributed by atoms with Gasteiger partial charge in [0.1, 0.15) is 16.4 Å². The molecule has 0 saturated carbocycles. The fourth-order valence-corrected chi connectivity index (χ4v) is 4.22. The summed E-state index contributed by atoms with van der Waals surface area (Å²) in [5, 5.41) is 0.388. The third kappa shape index (κ3) is 4.75. The van der Waals surface area contributed by atoms with Crippen LogP contribution in [0.5, 0.6) is 11.5 Å². The van der Waals surface area contributed by atoms with E-state index < -0.39 is 10.0 Å². The Hall–Kier alpha value is -2.21. The van der Waals surface area contributed by atoms with Crippen LogP contribution in [0.1, 0.15) is 11.1 Å². The van der Waals surface area contributed by atoms with Crippen LogP contribution in [0.4, 0.5) is 5.69 Å². The average molecular weight is 422 g/mol. The second-order valence-corrected chi connectivity index (χ2v) is 8.55. The highest BCUT2D eigenvalue weighted by Crippen LogP contribution is 2.28. The highest BCUT2D eigenvalue weighted by Gasteiger charge is 2.18. The third-order valence-corrected chi connectivity index (χ3v) is 6.10. The van der Waals surface area contributed by atoms with Crippen molar-refractivity contribution in [2.75, 3.05) is 4.72 Å². The molecule has 0 unspecified atom stereocenters. The van der Waals surface area contributed by atoms with Crippen molar-refractivity contribution in [3.8, 4) is 11.5 Å². The molecule has 0 amide bonds. The van der Waals surface area contributed by atoms with Crippen LogP contribution >= 0.6 is 23.2 Å². The van der Waals surface area contributed by atoms with Crippen molar-refractivity contribution in [1.29, 1.82) is 0 Å². The molecule has 0 bridgehead atoms. The normalized spacial score (nSPS) is 11.3. The Labute approximate surface area is 168 Å². The summed E-state index contributed by atoms with van der Waals surface area (Å²) in [4.78, 5) is -0.0767. The van der Waals surface area contributed by atoms with Gasteiger partial charge in [0.2, 0.25) is 0 Å². The zero-order valence-corrected chi connectivity index (χ0v) is 17.0. The second kappa shape index (κ2) is 7.80. The van der Waals surface area contributed by atoms with E-state index in [-0.39, 0.29) is 14.9 Å². The van der Waals surface area contributed by atoms with E-state index in [1.54, 1.807) is 24.3 Å². The smallest absolute Gasteiger partial charge is 0.263 e. The summed E-state index contributed by atoms with van der Waals surface area (Å²) in [6.07, 6.45) is 0. The topological polar surface area (TPSA) is 55.4 Å². The molecule has 0 heterocycles. The molecule has 27 heavy (non-hydrogen) atoms. The summed E-state index contributed by atoms with van der Waals surface area (Å²) in [6.45, 7) is 4.05. The van der Waals surface area contributed by atoms with Crippen LogP contribution in [0, 0.1) is 13.8 Å². The first-order valence-electron chi connectivity index (χ1n) is 8.08. The van der Waals surface area contributed by atoms with Gasteiger partial charge in [0.25, 0.3) is 10.0 Å². The van der Waals surface area contributed by atoms with Gasteiger partial charge in [-0.05, 0) is 79.6 Å². The minimum atomic E-state index is -3.86. The molecule has 7 heteroatoms. The number of ether oxygens (including phenoxy) is 1. The maximum Gasteiger partial charge on any atom is 0.263 e. The van der Waals surface area contributed by atoms with E-state index >= 15 is 0 Å². The Kier molecular flexibility index (Phi) is 5.65. The fraction of sp³-hybridized carbons (Fsp3) is 0.100. The molecular formula is C20H17Cl2NO3S. The van der Waals surface area contributed by atoms with E-state index in [9.17, 15) is 8.42 Å². The summed E-state index contributed by atoms with van der Waals surface area (Å²) in [7, 11) is -3.86. The largest absolute Gasteiger partial charge is 0.457 e. The van der Waals surface area contributed by atoms with Gasteiger partial charge in [0.15, 0.2) is 0 Å². The molecule has 0 saturated heterocycles. The lowest BCUT2D eigenvalue weighted by Crippen LogP contribution is -2.13. The molecule has 140 valence electrons. The molecule has 0 spiro atoms. The van der Waals surface area contributed by atoms with Gasteiger partial charge in [-0.25, -0.2) is 8.42 Å². The van der Waals surface area contributed by atoms with Gasteiger partial charge in [0, 0.05) is 10.7 Å². The van der Waals surface area contributed by atoms with Crippen LogP contribution < -0.4 is 9.46 Å². The second-order valence-electron chi connectivity index (χ2n) is 6.05. The first-order valence-corrected chi connectivity index (χ1v) is 10.3. The molecular weight excluding hydrogens is 405 g/mol. The summed E-state index contributed by atoms with van der Waals surface area (Å²) >= 11 is 11.9. The number of benzene rings is 3. The maximum atomic E-state index is 12.5. The van der Waals surface area contributed by atoms with Crippen LogP contribution in [-0.4, -0.2) is 8.42 Å². The molecule has 0 aliphatic rings. The number of rotatable bonds is 5. The predicted molar refractivity (Wildman–Crippen MR) is 110 cm³/mol. The number of halogens is 2. The van der Waals surface area contributed by atoms with Crippen LogP contribution in [0.25, 0.3) is 0 Å². The molecule has 0 aromatic heterocycles. The first kappa shape index (κ1) is 19.5. The van der Waals surface area contributed by atoms with Gasteiger partial charge in [-0.1, -0.05) is 29.3 Å². The van der Waals surface area contributed by atoms with Crippen molar-refractivity contribution in [2.24, 2.45) is 0 Å². The number of anilines is 1. The Morgan fingerprint density at radius 3 is 2.15 bits per heavy atom. The highest BCUT2D eigenvalue weighted by molar-refractivity contribution is 7.92. The van der Waals surface area contributed by atoms with Gasteiger partial charge in [-0.3, -0.25) is 4.72 Å².